The Hall–Kier alpha value is -3.91. The van der Waals surface area contributed by atoms with Crippen molar-refractivity contribution in [2.75, 3.05) is 5.32 Å². The fraction of sp³-hybridized carbons (Fsp3) is 0.0833. The Morgan fingerprint density at radius 3 is 2.59 bits per heavy atom. The molecular formula is C24H18FN5OS. The first-order valence-corrected chi connectivity index (χ1v) is 10.9. The molecule has 0 aliphatic heterocycles. The van der Waals surface area contributed by atoms with Crippen LogP contribution < -0.4 is 5.32 Å². The highest BCUT2D eigenvalue weighted by molar-refractivity contribution is 7.13. The van der Waals surface area contributed by atoms with Crippen LogP contribution in [0, 0.1) is 5.82 Å². The van der Waals surface area contributed by atoms with Crippen LogP contribution in [0.15, 0.2) is 84.5 Å². The van der Waals surface area contributed by atoms with Gasteiger partial charge >= 0.3 is 0 Å². The van der Waals surface area contributed by atoms with E-state index in [1.54, 1.807) is 28.5 Å². The quantitative estimate of drug-likeness (QED) is 0.393. The SMILES string of the molecule is O=C(CC(c1ccccc1)c1ccc2c(cnn2-c2ccc(F)cc2)c1)Nc1nncs1. The highest BCUT2D eigenvalue weighted by Gasteiger charge is 2.20. The molecule has 1 unspecified atom stereocenters. The van der Waals surface area contributed by atoms with E-state index in [2.05, 4.69) is 26.7 Å². The number of aromatic nitrogens is 4. The molecule has 8 heteroatoms. The van der Waals surface area contributed by atoms with Gasteiger partial charge in [0, 0.05) is 17.7 Å². The van der Waals surface area contributed by atoms with Crippen molar-refractivity contribution in [2.45, 2.75) is 12.3 Å². The molecule has 1 amide bonds. The summed E-state index contributed by atoms with van der Waals surface area (Å²) in [4.78, 5) is 12.7. The van der Waals surface area contributed by atoms with Gasteiger partial charge in [-0.25, -0.2) is 9.07 Å². The van der Waals surface area contributed by atoms with Crippen LogP contribution in [0.4, 0.5) is 9.52 Å². The van der Waals surface area contributed by atoms with E-state index in [1.165, 1.54) is 23.5 Å². The molecule has 0 spiro atoms. The molecule has 5 rings (SSSR count). The summed E-state index contributed by atoms with van der Waals surface area (Å²) in [5.74, 6) is -0.551. The molecule has 158 valence electrons. The smallest absolute Gasteiger partial charge is 0.227 e. The number of hydrogen-bond acceptors (Lipinski definition) is 5. The van der Waals surface area contributed by atoms with E-state index in [4.69, 9.17) is 0 Å². The molecule has 2 heterocycles. The molecule has 0 saturated carbocycles. The molecule has 2 aromatic heterocycles. The van der Waals surface area contributed by atoms with Crippen LogP contribution in [0.2, 0.25) is 0 Å². The molecule has 0 saturated heterocycles. The molecule has 1 N–H and O–H groups in total. The molecule has 0 fully saturated rings. The van der Waals surface area contributed by atoms with Gasteiger partial charge in [-0.05, 0) is 47.5 Å². The predicted molar refractivity (Wildman–Crippen MR) is 122 cm³/mol. The fourth-order valence-electron chi connectivity index (χ4n) is 3.75. The zero-order chi connectivity index (χ0) is 21.9. The van der Waals surface area contributed by atoms with Crippen LogP contribution in [0.3, 0.4) is 0 Å². The lowest BCUT2D eigenvalue weighted by Crippen LogP contribution is -2.16. The third kappa shape index (κ3) is 4.13. The van der Waals surface area contributed by atoms with E-state index in [0.29, 0.717) is 5.13 Å². The van der Waals surface area contributed by atoms with Crippen molar-refractivity contribution in [1.29, 1.82) is 0 Å². The average Bonchev–Trinajstić information content (AvgIpc) is 3.48. The zero-order valence-corrected chi connectivity index (χ0v) is 17.7. The Labute approximate surface area is 187 Å². The maximum Gasteiger partial charge on any atom is 0.227 e. The van der Waals surface area contributed by atoms with Gasteiger partial charge in [-0.3, -0.25) is 4.79 Å². The van der Waals surface area contributed by atoms with Gasteiger partial charge in [-0.15, -0.1) is 10.2 Å². The molecule has 3 aromatic carbocycles. The van der Waals surface area contributed by atoms with Gasteiger partial charge in [0.1, 0.15) is 11.3 Å². The maximum atomic E-state index is 13.3. The maximum absolute atomic E-state index is 13.3. The number of hydrogen-bond donors (Lipinski definition) is 1. The van der Waals surface area contributed by atoms with Gasteiger partial charge in [0.25, 0.3) is 0 Å². The number of rotatable bonds is 6. The van der Waals surface area contributed by atoms with E-state index in [0.717, 1.165) is 27.7 Å². The summed E-state index contributed by atoms with van der Waals surface area (Å²) in [6.45, 7) is 0. The Balaban J connectivity index is 1.48. The van der Waals surface area contributed by atoms with Gasteiger partial charge in [0.15, 0.2) is 0 Å². The number of carbonyl (C=O) groups is 1. The summed E-state index contributed by atoms with van der Waals surface area (Å²) in [6, 6.07) is 22.2. The number of fused-ring (bicyclic) bond motifs is 1. The summed E-state index contributed by atoms with van der Waals surface area (Å²) in [7, 11) is 0. The largest absolute Gasteiger partial charge is 0.301 e. The van der Waals surface area contributed by atoms with E-state index < -0.39 is 0 Å². The molecule has 6 nitrogen and oxygen atoms in total. The van der Waals surface area contributed by atoms with Gasteiger partial charge < -0.3 is 5.32 Å². The van der Waals surface area contributed by atoms with Gasteiger partial charge in [-0.2, -0.15) is 5.10 Å². The van der Waals surface area contributed by atoms with E-state index in [9.17, 15) is 9.18 Å². The van der Waals surface area contributed by atoms with Gasteiger partial charge in [0.05, 0.1) is 17.4 Å². The minimum atomic E-state index is -0.287. The van der Waals surface area contributed by atoms with Gasteiger partial charge in [-0.1, -0.05) is 47.7 Å². The van der Waals surface area contributed by atoms with Crippen molar-refractivity contribution in [2.24, 2.45) is 0 Å². The van der Waals surface area contributed by atoms with Crippen LogP contribution in [-0.4, -0.2) is 25.9 Å². The number of nitrogens with one attached hydrogen (secondary N) is 1. The molecule has 0 radical (unpaired) electrons. The first-order valence-electron chi connectivity index (χ1n) is 10.0. The van der Waals surface area contributed by atoms with Crippen LogP contribution >= 0.6 is 11.3 Å². The number of carbonyl (C=O) groups excluding carboxylic acids is 1. The third-order valence-electron chi connectivity index (χ3n) is 5.26. The van der Waals surface area contributed by atoms with Crippen molar-refractivity contribution in [1.82, 2.24) is 20.0 Å². The lowest BCUT2D eigenvalue weighted by atomic mass is 9.88. The topological polar surface area (TPSA) is 72.7 Å². The second-order valence-corrected chi connectivity index (χ2v) is 8.14. The van der Waals surface area contributed by atoms with Crippen LogP contribution in [0.5, 0.6) is 0 Å². The normalized spacial score (nSPS) is 12.0. The first kappa shape index (κ1) is 20.0. The predicted octanol–water partition coefficient (Wildman–Crippen LogP) is 5.18. The average molecular weight is 444 g/mol. The minimum Gasteiger partial charge on any atom is -0.301 e. The Morgan fingerprint density at radius 2 is 1.84 bits per heavy atom. The lowest BCUT2D eigenvalue weighted by molar-refractivity contribution is -0.116. The number of benzene rings is 3. The number of anilines is 1. The van der Waals surface area contributed by atoms with Crippen molar-refractivity contribution < 1.29 is 9.18 Å². The Morgan fingerprint density at radius 1 is 1.03 bits per heavy atom. The second-order valence-electron chi connectivity index (χ2n) is 7.31. The monoisotopic (exact) mass is 443 g/mol. The second kappa shape index (κ2) is 8.68. The third-order valence-corrected chi connectivity index (χ3v) is 5.87. The highest BCUT2D eigenvalue weighted by atomic mass is 32.1. The van der Waals surface area contributed by atoms with Crippen molar-refractivity contribution in [3.63, 3.8) is 0 Å². The molecule has 1 atom stereocenters. The zero-order valence-electron chi connectivity index (χ0n) is 16.9. The van der Waals surface area contributed by atoms with E-state index >= 15 is 0 Å². The Bertz CT molecular complexity index is 1350. The molecule has 32 heavy (non-hydrogen) atoms. The molecule has 0 bridgehead atoms. The molecule has 0 aliphatic rings. The highest BCUT2D eigenvalue weighted by Crippen LogP contribution is 2.31. The Kier molecular flexibility index (Phi) is 5.43. The number of amides is 1. The van der Waals surface area contributed by atoms with Crippen molar-refractivity contribution >= 4 is 33.3 Å². The summed E-state index contributed by atoms with van der Waals surface area (Å²) in [5, 5.41) is 16.4. The van der Waals surface area contributed by atoms with Gasteiger partial charge in [0.2, 0.25) is 11.0 Å². The molecule has 0 aliphatic carbocycles. The number of halogens is 1. The first-order chi connectivity index (χ1) is 15.7. The van der Waals surface area contributed by atoms with E-state index in [-0.39, 0.29) is 24.1 Å². The van der Waals surface area contributed by atoms with Crippen molar-refractivity contribution in [3.8, 4) is 5.69 Å². The lowest BCUT2D eigenvalue weighted by Gasteiger charge is -2.18. The van der Waals surface area contributed by atoms with E-state index in [1.807, 2.05) is 42.5 Å². The summed E-state index contributed by atoms with van der Waals surface area (Å²) >= 11 is 1.28. The number of nitrogens with zero attached hydrogens (tertiary/aromatic N) is 4. The standard InChI is InChI=1S/C24H18FN5OS/c25-19-7-9-20(10-8-19)30-22-11-6-17(12-18(22)14-27-30)21(16-4-2-1-3-5-16)13-23(31)28-24-29-26-15-32-24/h1-12,14-15,21H,13H2,(H,28,29,31). The fourth-order valence-corrected chi connectivity index (χ4v) is 4.21. The van der Waals surface area contributed by atoms with Crippen LogP contribution in [0.25, 0.3) is 16.6 Å². The summed E-state index contributed by atoms with van der Waals surface area (Å²) in [6.07, 6.45) is 2.05. The molecular weight excluding hydrogens is 425 g/mol. The van der Waals surface area contributed by atoms with Crippen molar-refractivity contribution in [3.05, 3.63) is 101 Å². The van der Waals surface area contributed by atoms with Crippen LogP contribution in [-0.2, 0) is 4.79 Å². The van der Waals surface area contributed by atoms with Crippen LogP contribution in [0.1, 0.15) is 23.5 Å². The minimum absolute atomic E-state index is 0.127. The summed E-state index contributed by atoms with van der Waals surface area (Å²) in [5.41, 5.74) is 5.33. The molecule has 5 aromatic rings. The summed E-state index contributed by atoms with van der Waals surface area (Å²) < 4.78 is 15.1.